The van der Waals surface area contributed by atoms with Crippen LogP contribution in [0.25, 0.3) is 0 Å². The van der Waals surface area contributed by atoms with E-state index in [9.17, 15) is 9.59 Å². The SMILES string of the molecule is COC(C)(C)CNC(=O)N1CCN(C(C)C(=O)O)CC1. The van der Waals surface area contributed by atoms with Gasteiger partial charge in [-0.2, -0.15) is 0 Å². The van der Waals surface area contributed by atoms with E-state index in [1.807, 2.05) is 18.7 Å². The molecular weight excluding hydrogens is 262 g/mol. The molecule has 7 nitrogen and oxygen atoms in total. The monoisotopic (exact) mass is 287 g/mol. The maximum absolute atomic E-state index is 12.0. The zero-order valence-corrected chi connectivity index (χ0v) is 12.7. The van der Waals surface area contributed by atoms with Crippen LogP contribution in [0.15, 0.2) is 0 Å². The number of methoxy groups -OCH3 is 1. The fourth-order valence-electron chi connectivity index (χ4n) is 1.94. The van der Waals surface area contributed by atoms with Crippen LogP contribution < -0.4 is 5.32 Å². The van der Waals surface area contributed by atoms with Gasteiger partial charge in [-0.1, -0.05) is 0 Å². The van der Waals surface area contributed by atoms with E-state index in [0.29, 0.717) is 32.7 Å². The molecule has 7 heteroatoms. The summed E-state index contributed by atoms with van der Waals surface area (Å²) in [5.41, 5.74) is -0.394. The van der Waals surface area contributed by atoms with Crippen molar-refractivity contribution in [3.05, 3.63) is 0 Å². The molecule has 1 fully saturated rings. The molecule has 0 saturated carbocycles. The van der Waals surface area contributed by atoms with Crippen LogP contribution in [0.1, 0.15) is 20.8 Å². The topological polar surface area (TPSA) is 82.1 Å². The lowest BCUT2D eigenvalue weighted by Crippen LogP contribution is -2.56. The van der Waals surface area contributed by atoms with Crippen LogP contribution in [0.4, 0.5) is 4.79 Å². The number of hydrogen-bond donors (Lipinski definition) is 2. The number of urea groups is 1. The first kappa shape index (κ1) is 16.7. The van der Waals surface area contributed by atoms with E-state index in [1.165, 1.54) is 0 Å². The standard InChI is InChI=1S/C13H25N3O4/c1-10(11(17)18)15-5-7-16(8-6-15)12(19)14-9-13(2,3)20-4/h10H,5-9H2,1-4H3,(H,14,19)(H,17,18). The quantitative estimate of drug-likeness (QED) is 0.755. The number of rotatable bonds is 5. The Morgan fingerprint density at radius 1 is 1.30 bits per heavy atom. The molecule has 0 radical (unpaired) electrons. The van der Waals surface area contributed by atoms with Crippen molar-refractivity contribution in [3.8, 4) is 0 Å². The highest BCUT2D eigenvalue weighted by atomic mass is 16.5. The molecule has 0 spiro atoms. The fraction of sp³-hybridized carbons (Fsp3) is 0.846. The Hall–Kier alpha value is -1.34. The van der Waals surface area contributed by atoms with E-state index in [2.05, 4.69) is 5.32 Å². The predicted octanol–water partition coefficient (Wildman–Crippen LogP) is 0.212. The van der Waals surface area contributed by atoms with Gasteiger partial charge in [-0.25, -0.2) is 4.79 Å². The van der Waals surface area contributed by atoms with Crippen molar-refractivity contribution in [1.29, 1.82) is 0 Å². The third-order valence-corrected chi connectivity index (χ3v) is 3.72. The smallest absolute Gasteiger partial charge is 0.320 e. The number of carboxylic acid groups (broad SMARTS) is 1. The minimum atomic E-state index is -0.829. The van der Waals surface area contributed by atoms with Crippen LogP contribution in [0.5, 0.6) is 0 Å². The van der Waals surface area contributed by atoms with Crippen molar-refractivity contribution in [3.63, 3.8) is 0 Å². The molecule has 1 aliphatic rings. The van der Waals surface area contributed by atoms with Gasteiger partial charge in [0.2, 0.25) is 0 Å². The first-order valence-electron chi connectivity index (χ1n) is 6.81. The summed E-state index contributed by atoms with van der Waals surface area (Å²) in [7, 11) is 1.61. The van der Waals surface area contributed by atoms with Crippen molar-refractivity contribution in [2.75, 3.05) is 39.8 Å². The van der Waals surface area contributed by atoms with E-state index >= 15 is 0 Å². The van der Waals surface area contributed by atoms with Gasteiger partial charge >= 0.3 is 12.0 Å². The predicted molar refractivity (Wildman–Crippen MR) is 74.7 cm³/mol. The summed E-state index contributed by atoms with van der Waals surface area (Å²) in [4.78, 5) is 26.5. The van der Waals surface area contributed by atoms with Crippen molar-refractivity contribution in [2.24, 2.45) is 0 Å². The van der Waals surface area contributed by atoms with Crippen LogP contribution in [0.3, 0.4) is 0 Å². The number of nitrogens with one attached hydrogen (secondary N) is 1. The van der Waals surface area contributed by atoms with Crippen LogP contribution in [-0.2, 0) is 9.53 Å². The fourth-order valence-corrected chi connectivity index (χ4v) is 1.94. The number of carbonyl (C=O) groups is 2. The van der Waals surface area contributed by atoms with Gasteiger partial charge in [0.25, 0.3) is 0 Å². The van der Waals surface area contributed by atoms with Crippen LogP contribution >= 0.6 is 0 Å². The lowest BCUT2D eigenvalue weighted by Gasteiger charge is -2.37. The first-order chi connectivity index (χ1) is 9.26. The van der Waals surface area contributed by atoms with Gasteiger partial charge in [0.1, 0.15) is 6.04 Å². The van der Waals surface area contributed by atoms with Crippen molar-refractivity contribution < 1.29 is 19.4 Å². The molecule has 1 unspecified atom stereocenters. The van der Waals surface area contributed by atoms with Gasteiger partial charge < -0.3 is 20.1 Å². The molecule has 2 N–H and O–H groups in total. The van der Waals surface area contributed by atoms with Crippen molar-refractivity contribution in [1.82, 2.24) is 15.1 Å². The Labute approximate surface area is 119 Å². The summed E-state index contributed by atoms with van der Waals surface area (Å²) in [5.74, 6) is -0.829. The van der Waals surface area contributed by atoms with Crippen LogP contribution in [0, 0.1) is 0 Å². The average molecular weight is 287 g/mol. The number of ether oxygens (including phenoxy) is 1. The van der Waals surface area contributed by atoms with Gasteiger partial charge in [0.05, 0.1) is 5.60 Å². The Kier molecular flexibility index (Phi) is 5.76. The molecule has 20 heavy (non-hydrogen) atoms. The maximum atomic E-state index is 12.0. The lowest BCUT2D eigenvalue weighted by molar-refractivity contribution is -0.143. The van der Waals surface area contributed by atoms with Crippen LogP contribution in [0.2, 0.25) is 0 Å². The Morgan fingerprint density at radius 2 is 1.85 bits per heavy atom. The number of amides is 2. The highest BCUT2D eigenvalue weighted by Gasteiger charge is 2.27. The minimum Gasteiger partial charge on any atom is -0.480 e. The maximum Gasteiger partial charge on any atom is 0.320 e. The molecule has 0 aromatic rings. The zero-order valence-electron chi connectivity index (χ0n) is 12.7. The van der Waals surface area contributed by atoms with Gasteiger partial charge in [-0.3, -0.25) is 9.69 Å². The van der Waals surface area contributed by atoms with Crippen molar-refractivity contribution >= 4 is 12.0 Å². The number of nitrogens with zero attached hydrogens (tertiary/aromatic N) is 2. The molecule has 1 aliphatic heterocycles. The van der Waals surface area contributed by atoms with E-state index in [0.717, 1.165) is 0 Å². The average Bonchev–Trinajstić information content (AvgIpc) is 2.44. The molecule has 116 valence electrons. The van der Waals surface area contributed by atoms with Gasteiger partial charge in [-0.15, -0.1) is 0 Å². The number of hydrogen-bond acceptors (Lipinski definition) is 4. The third-order valence-electron chi connectivity index (χ3n) is 3.72. The number of carbonyl (C=O) groups excluding carboxylic acids is 1. The number of aliphatic carboxylic acids is 1. The van der Waals surface area contributed by atoms with Gasteiger partial charge in [0.15, 0.2) is 0 Å². The van der Waals surface area contributed by atoms with E-state index in [1.54, 1.807) is 18.9 Å². The Morgan fingerprint density at radius 3 is 2.30 bits per heavy atom. The van der Waals surface area contributed by atoms with E-state index < -0.39 is 17.6 Å². The summed E-state index contributed by atoms with van der Waals surface area (Å²) < 4.78 is 5.24. The molecular formula is C13H25N3O4. The highest BCUT2D eigenvalue weighted by molar-refractivity contribution is 5.75. The number of piperazine rings is 1. The lowest BCUT2D eigenvalue weighted by atomic mass is 10.1. The number of carboxylic acids is 1. The van der Waals surface area contributed by atoms with E-state index in [-0.39, 0.29) is 6.03 Å². The second kappa shape index (κ2) is 6.90. The molecule has 0 aliphatic carbocycles. The molecule has 0 aromatic heterocycles. The second-order valence-corrected chi connectivity index (χ2v) is 5.66. The summed E-state index contributed by atoms with van der Waals surface area (Å²) >= 11 is 0. The molecule has 0 aromatic carbocycles. The Balaban J connectivity index is 2.38. The van der Waals surface area contributed by atoms with E-state index in [4.69, 9.17) is 9.84 Å². The normalized spacial score (nSPS) is 18.7. The largest absolute Gasteiger partial charge is 0.480 e. The zero-order chi connectivity index (χ0) is 15.3. The molecule has 1 saturated heterocycles. The molecule has 0 bridgehead atoms. The Bertz CT molecular complexity index is 352. The molecule has 1 heterocycles. The minimum absolute atomic E-state index is 0.127. The third kappa shape index (κ3) is 4.64. The summed E-state index contributed by atoms with van der Waals surface area (Å²) in [6, 6.07) is -0.634. The summed E-state index contributed by atoms with van der Waals surface area (Å²) in [6.07, 6.45) is 0. The second-order valence-electron chi connectivity index (χ2n) is 5.66. The van der Waals surface area contributed by atoms with Gasteiger partial charge in [-0.05, 0) is 20.8 Å². The van der Waals surface area contributed by atoms with Crippen LogP contribution in [-0.4, -0.2) is 78.4 Å². The van der Waals surface area contributed by atoms with Gasteiger partial charge in [0, 0.05) is 39.8 Å². The summed E-state index contributed by atoms with van der Waals surface area (Å²) in [5, 5.41) is 11.8. The molecule has 1 atom stereocenters. The molecule has 1 rings (SSSR count). The first-order valence-corrected chi connectivity index (χ1v) is 6.81. The molecule has 2 amide bonds. The van der Waals surface area contributed by atoms with Crippen molar-refractivity contribution in [2.45, 2.75) is 32.4 Å². The highest BCUT2D eigenvalue weighted by Crippen LogP contribution is 2.08. The summed E-state index contributed by atoms with van der Waals surface area (Å²) in [6.45, 7) is 8.14.